The number of nitrogens with one attached hydrogen (secondary N) is 4. The van der Waals surface area contributed by atoms with Crippen molar-refractivity contribution in [3.05, 3.63) is 39.8 Å². The molecule has 52 heavy (non-hydrogen) atoms. The summed E-state index contributed by atoms with van der Waals surface area (Å²) in [5.41, 5.74) is 0.271. The van der Waals surface area contributed by atoms with Gasteiger partial charge in [0.05, 0.1) is 45.6 Å². The molecule has 286 valence electrons. The monoisotopic (exact) mass is 778 g/mol. The third kappa shape index (κ3) is 10.8. The second kappa shape index (κ2) is 19.6. The number of carbonyl (C=O) groups excluding carboxylic acids is 4. The van der Waals surface area contributed by atoms with Crippen LogP contribution in [0, 0.1) is 35.0 Å². The van der Waals surface area contributed by atoms with Crippen molar-refractivity contribution in [1.29, 1.82) is 5.41 Å². The van der Waals surface area contributed by atoms with E-state index in [9.17, 15) is 19.2 Å². The van der Waals surface area contributed by atoms with E-state index in [0.717, 1.165) is 25.5 Å². The Morgan fingerprint density at radius 2 is 1.73 bits per heavy atom. The van der Waals surface area contributed by atoms with Gasteiger partial charge in [0.25, 0.3) is 5.91 Å². The Kier molecular flexibility index (Phi) is 16.2. The molecule has 6 atom stereocenters. The molecule has 1 saturated heterocycles. The molecule has 0 aromatic carbocycles. The zero-order valence-corrected chi connectivity index (χ0v) is 33.6. The van der Waals surface area contributed by atoms with Crippen LogP contribution in [0.25, 0.3) is 0 Å². The van der Waals surface area contributed by atoms with Crippen LogP contribution in [0.4, 0.5) is 17.2 Å². The van der Waals surface area contributed by atoms with Crippen LogP contribution in [0.1, 0.15) is 90.1 Å². The van der Waals surface area contributed by atoms with Gasteiger partial charge < -0.3 is 30.8 Å². The molecule has 12 nitrogen and oxygen atoms in total. The molecule has 4 N–H and O–H groups in total. The second-order valence-corrected chi connectivity index (χ2v) is 16.0. The van der Waals surface area contributed by atoms with Gasteiger partial charge in [-0.3, -0.25) is 24.2 Å². The quantitative estimate of drug-likeness (QED) is 0.0588. The summed E-state index contributed by atoms with van der Waals surface area (Å²) >= 11 is 13.9. The second-order valence-electron chi connectivity index (χ2n) is 14.0. The third-order valence-electron chi connectivity index (χ3n) is 9.53. The Balaban J connectivity index is 1.71. The summed E-state index contributed by atoms with van der Waals surface area (Å²) < 4.78 is 10.7. The molecule has 0 radical (unpaired) electrons. The smallest absolute Gasteiger partial charge is 0.320 e. The highest BCUT2D eigenvalue weighted by atomic mass is 35.5. The molecule has 15 heteroatoms. The Labute approximate surface area is 321 Å². The molecule has 0 aliphatic carbocycles. The Morgan fingerprint density at radius 1 is 1.06 bits per heavy atom. The number of nitrogens with zero attached hydrogens (tertiary/aromatic N) is 2. The van der Waals surface area contributed by atoms with Crippen LogP contribution in [0.5, 0.6) is 0 Å². The summed E-state index contributed by atoms with van der Waals surface area (Å²) in [6.45, 7) is 14.3. The fourth-order valence-corrected chi connectivity index (χ4v) is 8.79. The normalized spacial score (nSPS) is 18.8. The number of esters is 2. The van der Waals surface area contributed by atoms with Crippen molar-refractivity contribution in [2.75, 3.05) is 41.9 Å². The number of methoxy groups -OCH3 is 1. The number of amides is 1. The van der Waals surface area contributed by atoms with Gasteiger partial charge in [0.15, 0.2) is 0 Å². The molecule has 0 bridgehead atoms. The highest BCUT2D eigenvalue weighted by Gasteiger charge is 2.54. The number of ketones is 1. The molecular formula is C37H52Cl2N6O6S. The average Bonchev–Trinajstić information content (AvgIpc) is 3.33. The van der Waals surface area contributed by atoms with Crippen molar-refractivity contribution in [2.24, 2.45) is 29.6 Å². The molecule has 1 amide bonds. The van der Waals surface area contributed by atoms with Crippen LogP contribution >= 0.6 is 35.0 Å². The van der Waals surface area contributed by atoms with Crippen LogP contribution < -0.4 is 16.0 Å². The van der Waals surface area contributed by atoms with Crippen LogP contribution in [-0.4, -0.2) is 76.6 Å². The summed E-state index contributed by atoms with van der Waals surface area (Å²) in [5, 5.41) is 17.0. The molecule has 2 aromatic heterocycles. The van der Waals surface area contributed by atoms with E-state index < -0.39 is 22.7 Å². The van der Waals surface area contributed by atoms with Gasteiger partial charge in [-0.25, -0.2) is 4.98 Å². The molecule has 0 spiro atoms. The van der Waals surface area contributed by atoms with E-state index in [1.165, 1.54) is 37.5 Å². The van der Waals surface area contributed by atoms with Crippen molar-refractivity contribution in [1.82, 2.24) is 9.97 Å². The maximum Gasteiger partial charge on any atom is 0.320 e. The van der Waals surface area contributed by atoms with Crippen LogP contribution in [0.2, 0.25) is 10.0 Å². The lowest BCUT2D eigenvalue weighted by Crippen LogP contribution is -2.41. The number of pyridine rings is 2. The number of ether oxygens (including phenoxy) is 2. The zero-order valence-electron chi connectivity index (χ0n) is 31.2. The number of carbonyl (C=O) groups is 4. The standard InChI is InChI=1S/C37H52Cl2N6O6S/c1-9-42-33-24(16-40)29(25(17-44-33)34(47)45-30-26(38)18-41-19-27(30)39)43-13-14-52-32-28(37(6,7)51-36(32)49)23(5)31(46)22(4)15-20(2)11-10-12-21(3)35(48)50-8/h16-23,28,32,40H,9-15H2,1-8H3,(H,41,45,47)(H2,42,43,44)/t20?,21?,22-,23?,28?,32?/m1/s1. The first-order valence-electron chi connectivity index (χ1n) is 17.6. The maximum absolute atomic E-state index is 13.8. The van der Waals surface area contributed by atoms with Crippen molar-refractivity contribution in [2.45, 2.75) is 85.0 Å². The van der Waals surface area contributed by atoms with Crippen molar-refractivity contribution < 1.29 is 28.7 Å². The molecule has 5 unspecified atom stereocenters. The van der Waals surface area contributed by atoms with Crippen molar-refractivity contribution >= 4 is 82.0 Å². The highest BCUT2D eigenvalue weighted by molar-refractivity contribution is 8.00. The van der Waals surface area contributed by atoms with E-state index in [-0.39, 0.29) is 56.8 Å². The largest absolute Gasteiger partial charge is 0.469 e. The molecule has 0 saturated carbocycles. The summed E-state index contributed by atoms with van der Waals surface area (Å²) in [5.74, 6) is -1.000. The van der Waals surface area contributed by atoms with Crippen LogP contribution in [0.15, 0.2) is 18.6 Å². The fourth-order valence-electron chi connectivity index (χ4n) is 6.90. The average molecular weight is 780 g/mol. The maximum atomic E-state index is 13.8. The number of halogens is 2. The summed E-state index contributed by atoms with van der Waals surface area (Å²) in [6, 6.07) is 0. The number of rotatable bonds is 20. The molecule has 2 aromatic rings. The summed E-state index contributed by atoms with van der Waals surface area (Å²) in [6.07, 6.45) is 8.48. The number of hydrogen-bond donors (Lipinski definition) is 4. The van der Waals surface area contributed by atoms with Gasteiger partial charge in [0.1, 0.15) is 22.5 Å². The Morgan fingerprint density at radius 3 is 2.35 bits per heavy atom. The van der Waals surface area contributed by atoms with E-state index in [0.29, 0.717) is 48.2 Å². The van der Waals surface area contributed by atoms with Crippen molar-refractivity contribution in [3.8, 4) is 0 Å². The number of aromatic nitrogens is 2. The lowest BCUT2D eigenvalue weighted by atomic mass is 9.74. The van der Waals surface area contributed by atoms with E-state index >= 15 is 0 Å². The van der Waals surface area contributed by atoms with Gasteiger partial charge >= 0.3 is 11.9 Å². The number of hydrogen-bond acceptors (Lipinski definition) is 12. The number of anilines is 3. The molecule has 1 aliphatic heterocycles. The zero-order chi connectivity index (χ0) is 38.7. The van der Waals surface area contributed by atoms with Crippen LogP contribution in [-0.2, 0) is 23.9 Å². The van der Waals surface area contributed by atoms with E-state index in [4.69, 9.17) is 38.1 Å². The van der Waals surface area contributed by atoms with Crippen LogP contribution in [0.3, 0.4) is 0 Å². The van der Waals surface area contributed by atoms with Gasteiger partial charge in [-0.2, -0.15) is 0 Å². The molecular weight excluding hydrogens is 727 g/mol. The lowest BCUT2D eigenvalue weighted by Gasteiger charge is -2.33. The summed E-state index contributed by atoms with van der Waals surface area (Å²) in [4.78, 5) is 60.6. The number of thioether (sulfide) groups is 1. The summed E-state index contributed by atoms with van der Waals surface area (Å²) in [7, 11) is 1.40. The third-order valence-corrected chi connectivity index (χ3v) is 11.4. The SMILES string of the molecule is CCNc1ncc(C(=O)Nc2c(Cl)cncc2Cl)c(NCCSC2C(=O)OC(C)(C)C2C(C)C(=O)[C@H](C)CC(C)CCCC(C)C(=O)OC)c1C=N. The van der Waals surface area contributed by atoms with Gasteiger partial charge in [-0.15, -0.1) is 11.8 Å². The van der Waals surface area contributed by atoms with Gasteiger partial charge in [0, 0.05) is 61.4 Å². The van der Waals surface area contributed by atoms with Gasteiger partial charge in [0.2, 0.25) is 0 Å². The van der Waals surface area contributed by atoms with E-state index in [2.05, 4.69) is 32.8 Å². The first-order valence-corrected chi connectivity index (χ1v) is 19.5. The van der Waals surface area contributed by atoms with Gasteiger partial charge in [-0.05, 0) is 39.5 Å². The van der Waals surface area contributed by atoms with E-state index in [1.54, 1.807) is 0 Å². The minimum atomic E-state index is -0.841. The fraction of sp³-hybridized carbons (Fsp3) is 0.595. The lowest BCUT2D eigenvalue weighted by molar-refractivity contribution is -0.147. The topological polar surface area (TPSA) is 172 Å². The first-order chi connectivity index (χ1) is 24.6. The van der Waals surface area contributed by atoms with Crippen molar-refractivity contribution in [3.63, 3.8) is 0 Å². The van der Waals surface area contributed by atoms with E-state index in [1.807, 2.05) is 41.5 Å². The minimum absolute atomic E-state index is 0.100. The number of cyclic esters (lactones) is 1. The minimum Gasteiger partial charge on any atom is -0.469 e. The molecule has 3 heterocycles. The number of Topliss-reactive ketones (excluding diaryl/α,β-unsaturated/α-hetero) is 1. The first kappa shape index (κ1) is 43.0. The highest BCUT2D eigenvalue weighted by Crippen LogP contribution is 2.45. The molecule has 1 fully saturated rings. The Bertz CT molecular complexity index is 1590. The molecule has 3 rings (SSSR count). The predicted molar refractivity (Wildman–Crippen MR) is 209 cm³/mol. The molecule has 1 aliphatic rings. The van der Waals surface area contributed by atoms with Gasteiger partial charge in [-0.1, -0.05) is 63.7 Å². The Hall–Kier alpha value is -3.42. The predicted octanol–water partition coefficient (Wildman–Crippen LogP) is 7.78.